The third-order valence-electron chi connectivity index (χ3n) is 3.82. The zero-order chi connectivity index (χ0) is 19.1. The van der Waals surface area contributed by atoms with Gasteiger partial charge in [-0.25, -0.2) is 9.18 Å². The van der Waals surface area contributed by atoms with Crippen LogP contribution in [-0.2, 0) is 14.4 Å². The van der Waals surface area contributed by atoms with Gasteiger partial charge in [-0.1, -0.05) is 40.0 Å². The molecule has 26 heavy (non-hydrogen) atoms. The Morgan fingerprint density at radius 1 is 1.19 bits per heavy atom. The summed E-state index contributed by atoms with van der Waals surface area (Å²) in [7, 11) is 1.25. The lowest BCUT2D eigenvalue weighted by molar-refractivity contribution is -0.164. The van der Waals surface area contributed by atoms with Crippen molar-refractivity contribution in [3.05, 3.63) is 44.8 Å². The normalized spacial score (nSPS) is 19.1. The van der Waals surface area contributed by atoms with Gasteiger partial charge in [0, 0.05) is 17.5 Å². The molecule has 3 rings (SSSR count). The summed E-state index contributed by atoms with van der Waals surface area (Å²) in [6.07, 6.45) is 0.102. The molecule has 1 unspecified atom stereocenters. The first-order valence-corrected chi connectivity index (χ1v) is 8.40. The lowest BCUT2D eigenvalue weighted by atomic mass is 9.94. The molecule has 0 fully saturated rings. The minimum Gasteiger partial charge on any atom is -0.466 e. The molecule has 2 heterocycles. The summed E-state index contributed by atoms with van der Waals surface area (Å²) in [5.74, 6) is -1.23. The maximum Gasteiger partial charge on any atom is 0.353 e. The first-order chi connectivity index (χ1) is 12.2. The number of carbonyl (C=O) groups is 1. The lowest BCUT2D eigenvalue weighted by Crippen LogP contribution is -2.36. The standard InChI is InChI=1S/C16H11Cl3FN3O3/c1-16(15(24)25-2)6-12(23-26-16)7-3-8(11(20)4-9(7)17)14-10(18)5-13(19)21-22-14/h3-5H,6H2,1-2H3. The molecule has 1 aromatic carbocycles. The zero-order valence-electron chi connectivity index (χ0n) is 13.5. The Kier molecular flexibility index (Phi) is 5.05. The van der Waals surface area contributed by atoms with E-state index in [1.165, 1.54) is 26.2 Å². The van der Waals surface area contributed by atoms with Gasteiger partial charge in [-0.05, 0) is 25.1 Å². The van der Waals surface area contributed by atoms with Crippen molar-refractivity contribution in [2.45, 2.75) is 18.9 Å². The van der Waals surface area contributed by atoms with Gasteiger partial charge in [-0.3, -0.25) is 0 Å². The maximum atomic E-state index is 14.4. The van der Waals surface area contributed by atoms with Crippen LogP contribution >= 0.6 is 34.8 Å². The van der Waals surface area contributed by atoms with E-state index in [4.69, 9.17) is 44.4 Å². The molecule has 1 aromatic heterocycles. The van der Waals surface area contributed by atoms with E-state index < -0.39 is 17.4 Å². The molecule has 0 saturated heterocycles. The van der Waals surface area contributed by atoms with Gasteiger partial charge in [0.05, 0.1) is 22.9 Å². The topological polar surface area (TPSA) is 73.7 Å². The SMILES string of the molecule is COC(=O)C1(C)CC(c2cc(-c3nnc(Cl)cc3Cl)c(F)cc2Cl)=NO1. The van der Waals surface area contributed by atoms with Crippen LogP contribution in [-0.4, -0.2) is 34.6 Å². The van der Waals surface area contributed by atoms with E-state index in [0.717, 1.165) is 6.07 Å². The van der Waals surface area contributed by atoms with Crippen molar-refractivity contribution in [1.29, 1.82) is 0 Å². The molecule has 0 bridgehead atoms. The van der Waals surface area contributed by atoms with Crippen molar-refractivity contribution in [3.63, 3.8) is 0 Å². The number of rotatable bonds is 3. The molecule has 6 nitrogen and oxygen atoms in total. The van der Waals surface area contributed by atoms with Crippen molar-refractivity contribution in [1.82, 2.24) is 10.2 Å². The second-order valence-corrected chi connectivity index (χ2v) is 6.91. The van der Waals surface area contributed by atoms with Gasteiger partial charge in [0.1, 0.15) is 11.5 Å². The number of halogens is 4. The van der Waals surface area contributed by atoms with Gasteiger partial charge < -0.3 is 9.57 Å². The maximum absolute atomic E-state index is 14.4. The number of esters is 1. The van der Waals surface area contributed by atoms with Crippen molar-refractivity contribution >= 4 is 46.5 Å². The van der Waals surface area contributed by atoms with Gasteiger partial charge in [0.2, 0.25) is 5.60 Å². The van der Waals surface area contributed by atoms with Crippen molar-refractivity contribution in [3.8, 4) is 11.3 Å². The fourth-order valence-electron chi connectivity index (χ4n) is 2.49. The molecule has 0 radical (unpaired) electrons. The molecule has 1 aliphatic heterocycles. The number of hydrogen-bond acceptors (Lipinski definition) is 6. The van der Waals surface area contributed by atoms with Crippen LogP contribution in [0.5, 0.6) is 0 Å². The Labute approximate surface area is 162 Å². The van der Waals surface area contributed by atoms with Crippen molar-refractivity contribution < 1.29 is 18.8 Å². The summed E-state index contributed by atoms with van der Waals surface area (Å²) in [6, 6.07) is 3.88. The van der Waals surface area contributed by atoms with Crippen LogP contribution in [0.1, 0.15) is 18.9 Å². The van der Waals surface area contributed by atoms with Crippen LogP contribution in [0.3, 0.4) is 0 Å². The van der Waals surface area contributed by atoms with E-state index in [0.29, 0.717) is 11.3 Å². The highest BCUT2D eigenvalue weighted by molar-refractivity contribution is 6.36. The summed E-state index contributed by atoms with van der Waals surface area (Å²) in [4.78, 5) is 17.1. The Hall–Kier alpha value is -1.96. The van der Waals surface area contributed by atoms with E-state index in [-0.39, 0.29) is 32.9 Å². The number of oxime groups is 1. The molecule has 1 atom stereocenters. The third-order valence-corrected chi connectivity index (χ3v) is 4.61. The molecule has 0 amide bonds. The highest BCUT2D eigenvalue weighted by Gasteiger charge is 2.44. The Bertz CT molecular complexity index is 938. The van der Waals surface area contributed by atoms with E-state index in [1.807, 2.05) is 0 Å². The molecule has 0 spiro atoms. The summed E-state index contributed by atoms with van der Waals surface area (Å²) >= 11 is 18.0. The van der Waals surface area contributed by atoms with Gasteiger partial charge >= 0.3 is 5.97 Å². The average Bonchev–Trinajstić information content (AvgIpc) is 2.98. The van der Waals surface area contributed by atoms with Crippen LogP contribution in [0.4, 0.5) is 4.39 Å². The highest BCUT2D eigenvalue weighted by Crippen LogP contribution is 2.35. The number of nitrogens with zero attached hydrogens (tertiary/aromatic N) is 3. The molecule has 1 aliphatic rings. The van der Waals surface area contributed by atoms with Crippen LogP contribution in [0.15, 0.2) is 23.4 Å². The first kappa shape index (κ1) is 18.8. The summed E-state index contributed by atoms with van der Waals surface area (Å²) in [5, 5.41) is 11.7. The van der Waals surface area contributed by atoms with Crippen molar-refractivity contribution in [2.24, 2.45) is 5.16 Å². The molecule has 0 aliphatic carbocycles. The number of carbonyl (C=O) groups excluding carboxylic acids is 1. The van der Waals surface area contributed by atoms with E-state index in [2.05, 4.69) is 15.4 Å². The summed E-state index contributed by atoms with van der Waals surface area (Å²) in [6.45, 7) is 1.54. The second kappa shape index (κ2) is 6.98. The minimum atomic E-state index is -1.28. The monoisotopic (exact) mass is 417 g/mol. The fourth-order valence-corrected chi connectivity index (χ4v) is 3.20. The van der Waals surface area contributed by atoms with Crippen LogP contribution in [0, 0.1) is 5.82 Å². The predicted molar refractivity (Wildman–Crippen MR) is 95.1 cm³/mol. The Morgan fingerprint density at radius 3 is 2.58 bits per heavy atom. The highest BCUT2D eigenvalue weighted by atomic mass is 35.5. The Morgan fingerprint density at radius 2 is 1.92 bits per heavy atom. The largest absolute Gasteiger partial charge is 0.466 e. The van der Waals surface area contributed by atoms with Gasteiger partial charge in [0.15, 0.2) is 5.15 Å². The quantitative estimate of drug-likeness (QED) is 0.695. The van der Waals surface area contributed by atoms with Gasteiger partial charge in [-0.2, -0.15) is 0 Å². The number of hydrogen-bond donors (Lipinski definition) is 0. The smallest absolute Gasteiger partial charge is 0.353 e. The lowest BCUT2D eigenvalue weighted by Gasteiger charge is -2.17. The molecular weight excluding hydrogens is 408 g/mol. The van der Waals surface area contributed by atoms with E-state index in [9.17, 15) is 9.18 Å². The molecular formula is C16H11Cl3FN3O3. The van der Waals surface area contributed by atoms with Crippen LogP contribution in [0.2, 0.25) is 15.2 Å². The van der Waals surface area contributed by atoms with Crippen molar-refractivity contribution in [2.75, 3.05) is 7.11 Å². The average molecular weight is 419 g/mol. The number of benzene rings is 1. The summed E-state index contributed by atoms with van der Waals surface area (Å²) < 4.78 is 19.1. The molecule has 0 saturated carbocycles. The molecule has 0 N–H and O–H groups in total. The number of ether oxygens (including phenoxy) is 1. The first-order valence-electron chi connectivity index (χ1n) is 7.27. The molecule has 136 valence electrons. The van der Waals surface area contributed by atoms with Crippen LogP contribution < -0.4 is 0 Å². The van der Waals surface area contributed by atoms with E-state index in [1.54, 1.807) is 0 Å². The fraction of sp³-hybridized carbons (Fsp3) is 0.250. The zero-order valence-corrected chi connectivity index (χ0v) is 15.8. The molecule has 2 aromatic rings. The number of methoxy groups -OCH3 is 1. The molecule has 10 heteroatoms. The number of aromatic nitrogens is 2. The van der Waals surface area contributed by atoms with Gasteiger partial charge in [-0.15, -0.1) is 10.2 Å². The van der Waals surface area contributed by atoms with E-state index >= 15 is 0 Å². The van der Waals surface area contributed by atoms with Crippen LogP contribution in [0.25, 0.3) is 11.3 Å². The second-order valence-electron chi connectivity index (χ2n) is 5.70. The minimum absolute atomic E-state index is 0.0629. The predicted octanol–water partition coefficient (Wildman–Crippen LogP) is 4.30. The Balaban J connectivity index is 2.04. The third kappa shape index (κ3) is 3.34. The summed E-state index contributed by atoms with van der Waals surface area (Å²) in [5.41, 5.74) is -0.375. The van der Waals surface area contributed by atoms with Gasteiger partial charge in [0.25, 0.3) is 0 Å².